The molecule has 0 bridgehead atoms. The summed E-state index contributed by atoms with van der Waals surface area (Å²) < 4.78 is 0. The van der Waals surface area contributed by atoms with Gasteiger partial charge in [0.2, 0.25) is 0 Å². The molecule has 1 aromatic rings. The fraction of sp³-hybridized carbons (Fsp3) is 0.600. The van der Waals surface area contributed by atoms with Crippen molar-refractivity contribution < 1.29 is 4.92 Å². The molecule has 5 nitrogen and oxygen atoms in total. The Labute approximate surface area is 120 Å². The van der Waals surface area contributed by atoms with Gasteiger partial charge in [0.1, 0.15) is 5.69 Å². The number of likely N-dealkylation sites (tertiary alicyclic amines) is 1. The van der Waals surface area contributed by atoms with Gasteiger partial charge in [0.05, 0.1) is 4.92 Å². The van der Waals surface area contributed by atoms with E-state index in [0.717, 1.165) is 18.7 Å². The molecule has 1 atom stereocenters. The maximum Gasteiger partial charge on any atom is 0.292 e. The molecule has 1 N–H and O–H groups in total. The average Bonchev–Trinajstić information content (AvgIpc) is 2.86. The van der Waals surface area contributed by atoms with Crippen LogP contribution in [0.1, 0.15) is 38.7 Å². The number of nitro benzene ring substituents is 1. The predicted molar refractivity (Wildman–Crippen MR) is 81.0 cm³/mol. The quantitative estimate of drug-likeness (QED) is 0.639. The molecular formula is C15H23N3O2. The lowest BCUT2D eigenvalue weighted by Crippen LogP contribution is -2.28. The maximum absolute atomic E-state index is 11.0. The average molecular weight is 277 g/mol. The predicted octanol–water partition coefficient (Wildman–Crippen LogP) is 3.40. The van der Waals surface area contributed by atoms with Crippen LogP contribution < -0.4 is 5.32 Å². The zero-order chi connectivity index (χ0) is 14.5. The van der Waals surface area contributed by atoms with E-state index in [1.165, 1.54) is 19.3 Å². The van der Waals surface area contributed by atoms with E-state index in [-0.39, 0.29) is 10.6 Å². The molecule has 1 heterocycles. The third-order valence-electron chi connectivity index (χ3n) is 3.98. The Bertz CT molecular complexity index is 476. The van der Waals surface area contributed by atoms with E-state index in [1.54, 1.807) is 6.07 Å². The van der Waals surface area contributed by atoms with E-state index < -0.39 is 0 Å². The highest BCUT2D eigenvalue weighted by molar-refractivity contribution is 5.62. The summed E-state index contributed by atoms with van der Waals surface area (Å²) in [6.07, 6.45) is 3.70. The summed E-state index contributed by atoms with van der Waals surface area (Å²) in [5.41, 5.74) is 1.93. The second-order valence-corrected chi connectivity index (χ2v) is 5.31. The van der Waals surface area contributed by atoms with Crippen LogP contribution >= 0.6 is 0 Å². The lowest BCUT2D eigenvalue weighted by molar-refractivity contribution is -0.384. The van der Waals surface area contributed by atoms with Crippen molar-refractivity contribution in [3.05, 3.63) is 33.9 Å². The standard InChI is InChI=1S/C15H23N3O2/c1-3-13-6-5-9-17(13)11-12-7-8-15(18(19)20)14(10-12)16-4-2/h7-8,10,13,16H,3-6,9,11H2,1-2H3. The van der Waals surface area contributed by atoms with Crippen LogP contribution in [-0.4, -0.2) is 29.0 Å². The van der Waals surface area contributed by atoms with Crippen molar-refractivity contribution in [2.75, 3.05) is 18.4 Å². The van der Waals surface area contributed by atoms with Crippen molar-refractivity contribution >= 4 is 11.4 Å². The van der Waals surface area contributed by atoms with Gasteiger partial charge < -0.3 is 5.32 Å². The van der Waals surface area contributed by atoms with Crippen molar-refractivity contribution in [2.24, 2.45) is 0 Å². The Kier molecular flexibility index (Phi) is 4.95. The highest BCUT2D eigenvalue weighted by atomic mass is 16.6. The van der Waals surface area contributed by atoms with Crippen LogP contribution in [0.2, 0.25) is 0 Å². The summed E-state index contributed by atoms with van der Waals surface area (Å²) in [7, 11) is 0. The third kappa shape index (κ3) is 3.28. The molecule has 0 aromatic heterocycles. The smallest absolute Gasteiger partial charge is 0.292 e. The number of hydrogen-bond acceptors (Lipinski definition) is 4. The number of nitrogens with one attached hydrogen (secondary N) is 1. The molecule has 0 spiro atoms. The summed E-state index contributed by atoms with van der Waals surface area (Å²) in [4.78, 5) is 13.2. The molecule has 0 amide bonds. The molecule has 0 radical (unpaired) electrons. The van der Waals surface area contributed by atoms with Crippen molar-refractivity contribution in [1.29, 1.82) is 0 Å². The largest absolute Gasteiger partial charge is 0.380 e. The Morgan fingerprint density at radius 3 is 2.90 bits per heavy atom. The fourth-order valence-corrected chi connectivity index (χ4v) is 2.97. The molecule has 1 unspecified atom stereocenters. The Hall–Kier alpha value is -1.62. The minimum Gasteiger partial charge on any atom is -0.380 e. The first-order chi connectivity index (χ1) is 9.65. The van der Waals surface area contributed by atoms with Gasteiger partial charge in [-0.3, -0.25) is 15.0 Å². The first-order valence-electron chi connectivity index (χ1n) is 7.41. The number of benzene rings is 1. The summed E-state index contributed by atoms with van der Waals surface area (Å²) in [5.74, 6) is 0. The van der Waals surface area contributed by atoms with E-state index in [2.05, 4.69) is 17.1 Å². The van der Waals surface area contributed by atoms with Crippen molar-refractivity contribution in [2.45, 2.75) is 45.7 Å². The maximum atomic E-state index is 11.0. The van der Waals surface area contributed by atoms with Gasteiger partial charge in [-0.2, -0.15) is 0 Å². The molecule has 0 aliphatic carbocycles. The second kappa shape index (κ2) is 6.70. The molecule has 1 aliphatic rings. The number of hydrogen-bond donors (Lipinski definition) is 1. The van der Waals surface area contributed by atoms with Crippen molar-refractivity contribution in [3.8, 4) is 0 Å². The normalized spacial score (nSPS) is 19.2. The van der Waals surface area contributed by atoms with Gasteiger partial charge in [-0.25, -0.2) is 0 Å². The van der Waals surface area contributed by atoms with Gasteiger partial charge in [-0.15, -0.1) is 0 Å². The number of anilines is 1. The summed E-state index contributed by atoms with van der Waals surface area (Å²) in [6.45, 7) is 6.87. The zero-order valence-electron chi connectivity index (χ0n) is 12.3. The highest BCUT2D eigenvalue weighted by Crippen LogP contribution is 2.28. The van der Waals surface area contributed by atoms with Crippen LogP contribution in [0.25, 0.3) is 0 Å². The molecule has 1 aliphatic heterocycles. The zero-order valence-corrected chi connectivity index (χ0v) is 12.3. The Balaban J connectivity index is 2.16. The molecule has 20 heavy (non-hydrogen) atoms. The van der Waals surface area contributed by atoms with Gasteiger partial charge in [-0.05, 0) is 44.4 Å². The SMILES string of the molecule is CCNc1cc(CN2CCCC2CC)ccc1[N+](=O)[O-]. The molecule has 2 rings (SSSR count). The van der Waals surface area contributed by atoms with Crippen LogP contribution in [0, 0.1) is 10.1 Å². The monoisotopic (exact) mass is 277 g/mol. The summed E-state index contributed by atoms with van der Waals surface area (Å²) >= 11 is 0. The molecule has 1 saturated heterocycles. The van der Waals surface area contributed by atoms with Crippen molar-refractivity contribution in [3.63, 3.8) is 0 Å². The minimum absolute atomic E-state index is 0.157. The topological polar surface area (TPSA) is 58.4 Å². The minimum atomic E-state index is -0.327. The van der Waals surface area contributed by atoms with Crippen molar-refractivity contribution in [1.82, 2.24) is 4.90 Å². The van der Waals surface area contributed by atoms with Gasteiger partial charge in [0.15, 0.2) is 0 Å². The number of rotatable bonds is 6. The second-order valence-electron chi connectivity index (χ2n) is 5.31. The van der Waals surface area contributed by atoms with Gasteiger partial charge >= 0.3 is 0 Å². The third-order valence-corrected chi connectivity index (χ3v) is 3.98. The van der Waals surface area contributed by atoms with Gasteiger partial charge in [-0.1, -0.05) is 13.0 Å². The molecule has 1 fully saturated rings. The van der Waals surface area contributed by atoms with Crippen LogP contribution in [-0.2, 0) is 6.54 Å². The lowest BCUT2D eigenvalue weighted by Gasteiger charge is -2.23. The Morgan fingerprint density at radius 1 is 1.45 bits per heavy atom. The first kappa shape index (κ1) is 14.8. The van der Waals surface area contributed by atoms with E-state index in [0.29, 0.717) is 18.3 Å². The molecule has 1 aromatic carbocycles. The van der Waals surface area contributed by atoms with Crippen LogP contribution in [0.5, 0.6) is 0 Å². The molecule has 0 saturated carbocycles. The highest BCUT2D eigenvalue weighted by Gasteiger charge is 2.23. The molecular weight excluding hydrogens is 254 g/mol. The molecule has 5 heteroatoms. The van der Waals surface area contributed by atoms with Crippen LogP contribution in [0.4, 0.5) is 11.4 Å². The number of nitrogens with zero attached hydrogens (tertiary/aromatic N) is 2. The summed E-state index contributed by atoms with van der Waals surface area (Å²) in [6, 6.07) is 6.08. The van der Waals surface area contributed by atoms with E-state index >= 15 is 0 Å². The summed E-state index contributed by atoms with van der Waals surface area (Å²) in [5, 5.41) is 14.1. The van der Waals surface area contributed by atoms with Gasteiger partial charge in [0, 0.05) is 25.2 Å². The van der Waals surface area contributed by atoms with E-state index in [9.17, 15) is 10.1 Å². The van der Waals surface area contributed by atoms with Crippen LogP contribution in [0.3, 0.4) is 0 Å². The first-order valence-corrected chi connectivity index (χ1v) is 7.41. The van der Waals surface area contributed by atoms with Crippen LogP contribution in [0.15, 0.2) is 18.2 Å². The Morgan fingerprint density at radius 2 is 2.25 bits per heavy atom. The molecule has 110 valence electrons. The van der Waals surface area contributed by atoms with E-state index in [1.807, 2.05) is 19.1 Å². The van der Waals surface area contributed by atoms with E-state index in [4.69, 9.17) is 0 Å². The lowest BCUT2D eigenvalue weighted by atomic mass is 10.1. The van der Waals surface area contributed by atoms with Gasteiger partial charge in [0.25, 0.3) is 5.69 Å². The number of nitro groups is 1. The fourth-order valence-electron chi connectivity index (χ4n) is 2.97.